The predicted molar refractivity (Wildman–Crippen MR) is 78.4 cm³/mol. The fraction of sp³-hybridized carbons (Fsp3) is 0.571. The van der Waals surface area contributed by atoms with Crippen molar-refractivity contribution in [2.75, 3.05) is 20.2 Å². The van der Waals surface area contributed by atoms with Crippen molar-refractivity contribution in [2.45, 2.75) is 31.9 Å². The average Bonchev–Trinajstić information content (AvgIpc) is 2.47. The molecule has 1 aliphatic rings. The molecule has 0 radical (unpaired) electrons. The Hall–Kier alpha value is -0.950. The summed E-state index contributed by atoms with van der Waals surface area (Å²) < 4.78 is 33.8. The van der Waals surface area contributed by atoms with Crippen LogP contribution in [0.15, 0.2) is 30.3 Å². The van der Waals surface area contributed by atoms with Crippen LogP contribution < -0.4 is 4.72 Å². The summed E-state index contributed by atoms with van der Waals surface area (Å²) >= 11 is 0. The van der Waals surface area contributed by atoms with Gasteiger partial charge in [-0.15, -0.1) is 0 Å². The van der Waals surface area contributed by atoms with Gasteiger partial charge in [-0.2, -0.15) is 17.4 Å². The number of benzene rings is 1. The maximum absolute atomic E-state index is 12.1. The lowest BCUT2D eigenvalue weighted by molar-refractivity contribution is 0.00845. The number of nitrogens with one attached hydrogen (secondary N) is 1. The van der Waals surface area contributed by atoms with E-state index in [9.17, 15) is 8.42 Å². The lowest BCUT2D eigenvalue weighted by atomic mass is 10.1. The number of hydrogen-bond donors (Lipinski definition) is 1. The maximum Gasteiger partial charge on any atom is 0.279 e. The van der Waals surface area contributed by atoms with E-state index in [4.69, 9.17) is 4.74 Å². The van der Waals surface area contributed by atoms with Crippen LogP contribution >= 0.6 is 0 Å². The summed E-state index contributed by atoms with van der Waals surface area (Å²) in [7, 11) is -1.87. The Kier molecular flexibility index (Phi) is 5.54. The normalized spacial score (nSPS) is 20.2. The molecule has 1 aromatic rings. The maximum atomic E-state index is 12.1. The molecule has 0 aliphatic carbocycles. The fourth-order valence-electron chi connectivity index (χ4n) is 2.22. The van der Waals surface area contributed by atoms with Crippen LogP contribution in [0.5, 0.6) is 0 Å². The molecule has 112 valence electrons. The highest BCUT2D eigenvalue weighted by molar-refractivity contribution is 7.87. The molecule has 1 aliphatic heterocycles. The number of likely N-dealkylation sites (N-methyl/N-ethyl adjacent to an activating group) is 1. The Morgan fingerprint density at radius 1 is 1.30 bits per heavy atom. The van der Waals surface area contributed by atoms with Gasteiger partial charge in [0.2, 0.25) is 0 Å². The van der Waals surface area contributed by atoms with Crippen molar-refractivity contribution in [2.24, 2.45) is 0 Å². The Morgan fingerprint density at radius 3 is 2.70 bits per heavy atom. The molecule has 1 atom stereocenters. The van der Waals surface area contributed by atoms with E-state index in [2.05, 4.69) is 4.72 Å². The highest BCUT2D eigenvalue weighted by Crippen LogP contribution is 2.14. The first-order valence-corrected chi connectivity index (χ1v) is 8.38. The molecular formula is C14H22N2O3S. The standard InChI is InChI=1S/C14H22N2O3S/c1-16(12-14-9-5-6-10-19-14)20(17,18)15-11-13-7-3-2-4-8-13/h2-4,7-8,14-15H,5-6,9-12H2,1H3/t14-/m0/s1. The van der Waals surface area contributed by atoms with E-state index in [0.29, 0.717) is 13.1 Å². The monoisotopic (exact) mass is 298 g/mol. The van der Waals surface area contributed by atoms with Crippen molar-refractivity contribution in [3.05, 3.63) is 35.9 Å². The van der Waals surface area contributed by atoms with Gasteiger partial charge in [0, 0.05) is 26.7 Å². The first kappa shape index (κ1) is 15.4. The zero-order chi connectivity index (χ0) is 14.4. The van der Waals surface area contributed by atoms with Gasteiger partial charge in [-0.1, -0.05) is 30.3 Å². The van der Waals surface area contributed by atoms with Crippen molar-refractivity contribution < 1.29 is 13.2 Å². The van der Waals surface area contributed by atoms with Gasteiger partial charge >= 0.3 is 0 Å². The summed E-state index contributed by atoms with van der Waals surface area (Å²) in [6.07, 6.45) is 3.12. The van der Waals surface area contributed by atoms with Crippen LogP contribution in [0.25, 0.3) is 0 Å². The molecule has 5 nitrogen and oxygen atoms in total. The lowest BCUT2D eigenvalue weighted by Crippen LogP contribution is -2.43. The van der Waals surface area contributed by atoms with Crippen LogP contribution in [0.2, 0.25) is 0 Å². The lowest BCUT2D eigenvalue weighted by Gasteiger charge is -2.27. The molecule has 6 heteroatoms. The van der Waals surface area contributed by atoms with Crippen LogP contribution in [0.1, 0.15) is 24.8 Å². The molecule has 1 heterocycles. The van der Waals surface area contributed by atoms with Gasteiger partial charge in [-0.3, -0.25) is 0 Å². The SMILES string of the molecule is CN(C[C@@H]1CCCCO1)S(=O)(=O)NCc1ccccc1. The van der Waals surface area contributed by atoms with Crippen LogP contribution in [-0.4, -0.2) is 39.0 Å². The minimum atomic E-state index is -3.45. The molecule has 0 saturated carbocycles. The molecule has 0 spiro atoms. The Morgan fingerprint density at radius 2 is 2.05 bits per heavy atom. The van der Waals surface area contributed by atoms with E-state index in [1.807, 2.05) is 30.3 Å². The molecule has 2 rings (SSSR count). The van der Waals surface area contributed by atoms with Crippen molar-refractivity contribution in [1.82, 2.24) is 9.03 Å². The topological polar surface area (TPSA) is 58.6 Å². The third kappa shape index (κ3) is 4.56. The minimum absolute atomic E-state index is 0.0158. The smallest absolute Gasteiger partial charge is 0.279 e. The van der Waals surface area contributed by atoms with Gasteiger partial charge in [0.15, 0.2) is 0 Å². The summed E-state index contributed by atoms with van der Waals surface area (Å²) in [5.74, 6) is 0. The molecule has 0 aromatic heterocycles. The predicted octanol–water partition coefficient (Wildman–Crippen LogP) is 1.52. The molecular weight excluding hydrogens is 276 g/mol. The van der Waals surface area contributed by atoms with E-state index >= 15 is 0 Å². The fourth-order valence-corrected chi connectivity index (χ4v) is 3.15. The van der Waals surface area contributed by atoms with E-state index in [0.717, 1.165) is 31.4 Å². The number of ether oxygens (including phenoxy) is 1. The number of rotatable bonds is 6. The van der Waals surface area contributed by atoms with E-state index in [1.165, 1.54) is 4.31 Å². The second kappa shape index (κ2) is 7.17. The van der Waals surface area contributed by atoms with Gasteiger partial charge < -0.3 is 4.74 Å². The molecule has 1 saturated heterocycles. The Balaban J connectivity index is 1.85. The van der Waals surface area contributed by atoms with Crippen LogP contribution in [0.4, 0.5) is 0 Å². The van der Waals surface area contributed by atoms with Gasteiger partial charge in [0.05, 0.1) is 6.10 Å². The minimum Gasteiger partial charge on any atom is -0.377 e. The zero-order valence-corrected chi connectivity index (χ0v) is 12.6. The van der Waals surface area contributed by atoms with Crippen LogP contribution in [0, 0.1) is 0 Å². The first-order chi connectivity index (χ1) is 9.58. The van der Waals surface area contributed by atoms with E-state index < -0.39 is 10.2 Å². The molecule has 0 unspecified atom stereocenters. The summed E-state index contributed by atoms with van der Waals surface area (Å²) in [6, 6.07) is 9.48. The quantitative estimate of drug-likeness (QED) is 0.866. The van der Waals surface area contributed by atoms with Gasteiger partial charge in [-0.25, -0.2) is 0 Å². The highest BCUT2D eigenvalue weighted by Gasteiger charge is 2.23. The molecule has 20 heavy (non-hydrogen) atoms. The third-order valence-corrected chi connectivity index (χ3v) is 4.93. The van der Waals surface area contributed by atoms with Crippen LogP contribution in [-0.2, 0) is 21.5 Å². The van der Waals surface area contributed by atoms with Crippen molar-refractivity contribution in [1.29, 1.82) is 0 Å². The van der Waals surface area contributed by atoms with Gasteiger partial charge in [0.25, 0.3) is 10.2 Å². The summed E-state index contributed by atoms with van der Waals surface area (Å²) in [6.45, 7) is 1.44. The number of hydrogen-bond acceptors (Lipinski definition) is 3. The second-order valence-electron chi connectivity index (χ2n) is 5.08. The van der Waals surface area contributed by atoms with E-state index in [-0.39, 0.29) is 6.10 Å². The largest absolute Gasteiger partial charge is 0.377 e. The number of nitrogens with zero attached hydrogens (tertiary/aromatic N) is 1. The molecule has 1 aromatic carbocycles. The highest BCUT2D eigenvalue weighted by atomic mass is 32.2. The molecule has 1 N–H and O–H groups in total. The van der Waals surface area contributed by atoms with Crippen molar-refractivity contribution in [3.63, 3.8) is 0 Å². The average molecular weight is 298 g/mol. The summed E-state index contributed by atoms with van der Waals surface area (Å²) in [5.41, 5.74) is 0.943. The second-order valence-corrected chi connectivity index (χ2v) is 6.94. The Bertz CT molecular complexity index is 498. The zero-order valence-electron chi connectivity index (χ0n) is 11.8. The third-order valence-electron chi connectivity index (χ3n) is 3.45. The van der Waals surface area contributed by atoms with Crippen LogP contribution in [0.3, 0.4) is 0 Å². The van der Waals surface area contributed by atoms with Crippen molar-refractivity contribution in [3.8, 4) is 0 Å². The first-order valence-electron chi connectivity index (χ1n) is 6.94. The summed E-state index contributed by atoms with van der Waals surface area (Å²) in [5, 5.41) is 0. The van der Waals surface area contributed by atoms with Crippen molar-refractivity contribution >= 4 is 10.2 Å². The molecule has 0 bridgehead atoms. The van der Waals surface area contributed by atoms with Gasteiger partial charge in [-0.05, 0) is 24.8 Å². The molecule has 0 amide bonds. The van der Waals surface area contributed by atoms with E-state index in [1.54, 1.807) is 7.05 Å². The molecule has 1 fully saturated rings. The Labute approximate surface area is 121 Å². The summed E-state index contributed by atoms with van der Waals surface area (Å²) in [4.78, 5) is 0. The van der Waals surface area contributed by atoms with Gasteiger partial charge in [0.1, 0.15) is 0 Å².